The predicted octanol–water partition coefficient (Wildman–Crippen LogP) is 2.95. The molecule has 108 valence electrons. The Bertz CT molecular complexity index is 641. The van der Waals surface area contributed by atoms with Crippen molar-refractivity contribution >= 4 is 17.5 Å². The van der Waals surface area contributed by atoms with Gasteiger partial charge in [0.1, 0.15) is 0 Å². The van der Waals surface area contributed by atoms with E-state index in [2.05, 4.69) is 10.3 Å². The van der Waals surface area contributed by atoms with E-state index >= 15 is 0 Å². The van der Waals surface area contributed by atoms with Gasteiger partial charge in [0.2, 0.25) is 0 Å². The van der Waals surface area contributed by atoms with Gasteiger partial charge in [0.15, 0.2) is 5.78 Å². The minimum atomic E-state index is -0.237. The maximum absolute atomic E-state index is 12.1. The first kappa shape index (κ1) is 14.7. The SMILES string of the molecule is CC(=O)c1cccc(NC(=O)N(C)Cc2cccnc2)c1. The van der Waals surface area contributed by atoms with Crippen LogP contribution in [0.25, 0.3) is 0 Å². The fourth-order valence-electron chi connectivity index (χ4n) is 1.87. The Morgan fingerprint density at radius 1 is 1.24 bits per heavy atom. The van der Waals surface area contributed by atoms with Gasteiger partial charge >= 0.3 is 6.03 Å². The fourth-order valence-corrected chi connectivity index (χ4v) is 1.87. The molecule has 0 saturated carbocycles. The molecule has 2 rings (SSSR count). The third-order valence-corrected chi connectivity index (χ3v) is 3.01. The summed E-state index contributed by atoms with van der Waals surface area (Å²) in [5.74, 6) is -0.0326. The number of pyridine rings is 1. The van der Waals surface area contributed by atoms with Crippen LogP contribution in [0, 0.1) is 0 Å². The summed E-state index contributed by atoms with van der Waals surface area (Å²) in [7, 11) is 1.71. The van der Waals surface area contributed by atoms with Crippen LogP contribution in [0.15, 0.2) is 48.8 Å². The van der Waals surface area contributed by atoms with Crippen LogP contribution < -0.4 is 5.32 Å². The van der Waals surface area contributed by atoms with Crippen LogP contribution in [-0.4, -0.2) is 28.7 Å². The number of aromatic nitrogens is 1. The van der Waals surface area contributed by atoms with Gasteiger partial charge in [0.05, 0.1) is 0 Å². The summed E-state index contributed by atoms with van der Waals surface area (Å²) in [4.78, 5) is 29.0. The summed E-state index contributed by atoms with van der Waals surface area (Å²) < 4.78 is 0. The van der Waals surface area contributed by atoms with Crippen LogP contribution in [-0.2, 0) is 6.54 Å². The first-order valence-electron chi connectivity index (χ1n) is 6.58. The zero-order valence-electron chi connectivity index (χ0n) is 12.0. The second kappa shape index (κ2) is 6.65. The number of amides is 2. The normalized spacial score (nSPS) is 10.0. The van der Waals surface area contributed by atoms with Gasteiger partial charge in [-0.2, -0.15) is 0 Å². The van der Waals surface area contributed by atoms with Crippen molar-refractivity contribution in [1.29, 1.82) is 0 Å². The average molecular weight is 283 g/mol. The topological polar surface area (TPSA) is 62.3 Å². The highest BCUT2D eigenvalue weighted by atomic mass is 16.2. The number of carbonyl (C=O) groups is 2. The Kier molecular flexibility index (Phi) is 4.66. The molecule has 0 radical (unpaired) electrons. The molecule has 0 atom stereocenters. The van der Waals surface area contributed by atoms with Crippen molar-refractivity contribution < 1.29 is 9.59 Å². The van der Waals surface area contributed by atoms with Crippen molar-refractivity contribution in [1.82, 2.24) is 9.88 Å². The maximum atomic E-state index is 12.1. The summed E-state index contributed by atoms with van der Waals surface area (Å²) >= 11 is 0. The number of hydrogen-bond acceptors (Lipinski definition) is 3. The number of Topliss-reactive ketones (excluding diaryl/α,β-unsaturated/α-hetero) is 1. The van der Waals surface area contributed by atoms with E-state index in [1.54, 1.807) is 48.6 Å². The minimum absolute atomic E-state index is 0.0326. The number of nitrogens with zero attached hydrogens (tertiary/aromatic N) is 2. The van der Waals surface area contributed by atoms with E-state index in [0.29, 0.717) is 17.8 Å². The van der Waals surface area contributed by atoms with Crippen molar-refractivity contribution in [2.75, 3.05) is 12.4 Å². The highest BCUT2D eigenvalue weighted by Gasteiger charge is 2.10. The van der Waals surface area contributed by atoms with Gasteiger partial charge in [-0.05, 0) is 30.7 Å². The Labute approximate surface area is 123 Å². The molecule has 0 aliphatic rings. The van der Waals surface area contributed by atoms with Crippen LogP contribution in [0.3, 0.4) is 0 Å². The van der Waals surface area contributed by atoms with Gasteiger partial charge in [-0.25, -0.2) is 4.79 Å². The summed E-state index contributed by atoms with van der Waals surface area (Å²) in [5.41, 5.74) is 2.13. The Morgan fingerprint density at radius 2 is 2.05 bits per heavy atom. The molecule has 5 nitrogen and oxygen atoms in total. The fraction of sp³-hybridized carbons (Fsp3) is 0.188. The van der Waals surface area contributed by atoms with Crippen molar-refractivity contribution in [3.63, 3.8) is 0 Å². The molecular weight excluding hydrogens is 266 g/mol. The van der Waals surface area contributed by atoms with Crippen molar-refractivity contribution in [2.24, 2.45) is 0 Å². The smallest absolute Gasteiger partial charge is 0.321 e. The summed E-state index contributed by atoms with van der Waals surface area (Å²) in [5, 5.41) is 2.77. The van der Waals surface area contributed by atoms with Crippen molar-refractivity contribution in [3.8, 4) is 0 Å². The molecule has 0 aliphatic carbocycles. The molecule has 0 fully saturated rings. The van der Waals surface area contributed by atoms with Crippen LogP contribution in [0.4, 0.5) is 10.5 Å². The summed E-state index contributed by atoms with van der Waals surface area (Å²) in [6.07, 6.45) is 3.41. The summed E-state index contributed by atoms with van der Waals surface area (Å²) in [6.45, 7) is 1.96. The Morgan fingerprint density at radius 3 is 2.71 bits per heavy atom. The molecule has 0 spiro atoms. The largest absolute Gasteiger partial charge is 0.323 e. The molecule has 0 saturated heterocycles. The molecule has 1 N–H and O–H groups in total. The molecule has 21 heavy (non-hydrogen) atoms. The molecule has 1 aromatic heterocycles. The lowest BCUT2D eigenvalue weighted by molar-refractivity contribution is 0.101. The highest BCUT2D eigenvalue weighted by Crippen LogP contribution is 2.12. The molecular formula is C16H17N3O2. The summed E-state index contributed by atoms with van der Waals surface area (Å²) in [6, 6.07) is 10.4. The third-order valence-electron chi connectivity index (χ3n) is 3.01. The zero-order valence-corrected chi connectivity index (χ0v) is 12.0. The maximum Gasteiger partial charge on any atom is 0.321 e. The molecule has 0 aliphatic heterocycles. The molecule has 0 bridgehead atoms. The number of rotatable bonds is 4. The first-order chi connectivity index (χ1) is 10.1. The van der Waals surface area contributed by atoms with E-state index in [9.17, 15) is 9.59 Å². The molecule has 2 aromatic rings. The van der Waals surface area contributed by atoms with Crippen molar-refractivity contribution in [2.45, 2.75) is 13.5 Å². The molecule has 0 unspecified atom stereocenters. The standard InChI is InChI=1S/C16H17N3O2/c1-12(20)14-6-3-7-15(9-14)18-16(21)19(2)11-13-5-4-8-17-10-13/h3-10H,11H2,1-2H3,(H,18,21). The monoisotopic (exact) mass is 283 g/mol. The van der Waals surface area contributed by atoms with E-state index < -0.39 is 0 Å². The van der Waals surface area contributed by atoms with Crippen LogP contribution >= 0.6 is 0 Å². The second-order valence-corrected chi connectivity index (χ2v) is 4.78. The lowest BCUT2D eigenvalue weighted by atomic mass is 10.1. The van der Waals surface area contributed by atoms with Crippen LogP contribution in [0.2, 0.25) is 0 Å². The number of carbonyl (C=O) groups excluding carboxylic acids is 2. The predicted molar refractivity (Wildman–Crippen MR) is 81.2 cm³/mol. The molecule has 2 amide bonds. The van der Waals surface area contributed by atoms with Gasteiger partial charge in [-0.15, -0.1) is 0 Å². The quantitative estimate of drug-likeness (QED) is 0.877. The van der Waals surface area contributed by atoms with Gasteiger partial charge in [0.25, 0.3) is 0 Å². The number of nitrogens with one attached hydrogen (secondary N) is 1. The zero-order chi connectivity index (χ0) is 15.2. The number of urea groups is 1. The lowest BCUT2D eigenvalue weighted by Crippen LogP contribution is -2.30. The first-order valence-corrected chi connectivity index (χ1v) is 6.58. The molecule has 5 heteroatoms. The van der Waals surface area contributed by atoms with E-state index in [1.165, 1.54) is 6.92 Å². The second-order valence-electron chi connectivity index (χ2n) is 4.78. The van der Waals surface area contributed by atoms with E-state index in [4.69, 9.17) is 0 Å². The number of benzene rings is 1. The van der Waals surface area contributed by atoms with Gasteiger partial charge in [-0.1, -0.05) is 18.2 Å². The minimum Gasteiger partial charge on any atom is -0.323 e. The van der Waals surface area contributed by atoms with Crippen LogP contribution in [0.1, 0.15) is 22.8 Å². The van der Waals surface area contributed by atoms with Crippen molar-refractivity contribution in [3.05, 3.63) is 59.9 Å². The number of anilines is 1. The van der Waals surface area contributed by atoms with Gasteiger partial charge < -0.3 is 10.2 Å². The number of ketones is 1. The third kappa shape index (κ3) is 4.14. The highest BCUT2D eigenvalue weighted by molar-refractivity contribution is 5.96. The molecule has 1 aromatic carbocycles. The Balaban J connectivity index is 2.00. The average Bonchev–Trinajstić information content (AvgIpc) is 2.48. The van der Waals surface area contributed by atoms with Gasteiger partial charge in [-0.3, -0.25) is 9.78 Å². The Hall–Kier alpha value is -2.69. The van der Waals surface area contributed by atoms with Gasteiger partial charge in [0, 0.05) is 37.2 Å². The lowest BCUT2D eigenvalue weighted by Gasteiger charge is -2.18. The number of hydrogen-bond donors (Lipinski definition) is 1. The van der Waals surface area contributed by atoms with Crippen LogP contribution in [0.5, 0.6) is 0 Å². The molecule has 1 heterocycles. The van der Waals surface area contributed by atoms with E-state index in [1.807, 2.05) is 12.1 Å². The van der Waals surface area contributed by atoms with E-state index in [0.717, 1.165) is 5.56 Å². The van der Waals surface area contributed by atoms with E-state index in [-0.39, 0.29) is 11.8 Å².